The molecule has 1 rings (SSSR count). The first-order valence-electron chi connectivity index (χ1n) is 5.01. The molecule has 18 heavy (non-hydrogen) atoms. The fourth-order valence-electron chi connectivity index (χ4n) is 1.07. The molecular formula is C9H12N2O4S3. The van der Waals surface area contributed by atoms with E-state index in [4.69, 9.17) is 5.26 Å². The third kappa shape index (κ3) is 4.06. The van der Waals surface area contributed by atoms with Gasteiger partial charge in [0.1, 0.15) is 15.2 Å². The molecule has 0 saturated heterocycles. The van der Waals surface area contributed by atoms with Gasteiger partial charge < -0.3 is 0 Å². The summed E-state index contributed by atoms with van der Waals surface area (Å²) in [6.45, 7) is 1.33. The summed E-state index contributed by atoms with van der Waals surface area (Å²) in [5, 5.41) is 8.60. The van der Waals surface area contributed by atoms with Crippen LogP contribution in [0.3, 0.4) is 0 Å². The molecule has 9 heteroatoms. The summed E-state index contributed by atoms with van der Waals surface area (Å²) < 4.78 is 48.1. The van der Waals surface area contributed by atoms with Gasteiger partial charge in [-0.3, -0.25) is 0 Å². The molecule has 0 aliphatic carbocycles. The maximum atomic E-state index is 11.7. The number of nitriles is 1. The van der Waals surface area contributed by atoms with Gasteiger partial charge in [-0.05, 0) is 12.1 Å². The summed E-state index contributed by atoms with van der Waals surface area (Å²) in [5.74, 6) is -0.258. The zero-order valence-corrected chi connectivity index (χ0v) is 12.0. The van der Waals surface area contributed by atoms with Crippen molar-refractivity contribution in [1.82, 2.24) is 4.72 Å². The van der Waals surface area contributed by atoms with Gasteiger partial charge in [-0.15, -0.1) is 11.3 Å². The van der Waals surface area contributed by atoms with Crippen molar-refractivity contribution in [1.29, 1.82) is 5.26 Å². The van der Waals surface area contributed by atoms with Crippen LogP contribution in [0.5, 0.6) is 0 Å². The van der Waals surface area contributed by atoms with Gasteiger partial charge in [-0.25, -0.2) is 21.6 Å². The number of sulfonamides is 1. The van der Waals surface area contributed by atoms with E-state index in [0.717, 1.165) is 11.3 Å². The van der Waals surface area contributed by atoms with Gasteiger partial charge in [-0.2, -0.15) is 5.26 Å². The van der Waals surface area contributed by atoms with Crippen LogP contribution in [0.15, 0.2) is 16.3 Å². The Morgan fingerprint density at radius 1 is 1.33 bits per heavy atom. The van der Waals surface area contributed by atoms with E-state index in [2.05, 4.69) is 4.72 Å². The monoisotopic (exact) mass is 308 g/mol. The molecule has 1 heterocycles. The Hall–Kier alpha value is -0.950. The van der Waals surface area contributed by atoms with Crippen molar-refractivity contribution in [3.63, 3.8) is 0 Å². The van der Waals surface area contributed by atoms with Crippen LogP contribution in [0.4, 0.5) is 0 Å². The largest absolute Gasteiger partial charge is 0.250 e. The van der Waals surface area contributed by atoms with Crippen LogP contribution in [-0.4, -0.2) is 34.9 Å². The maximum Gasteiger partial charge on any atom is 0.250 e. The number of hydrogen-bond acceptors (Lipinski definition) is 6. The number of hydrogen-bond donors (Lipinski definition) is 1. The van der Waals surface area contributed by atoms with Crippen LogP contribution in [-0.2, 0) is 19.9 Å². The third-order valence-electron chi connectivity index (χ3n) is 2.10. The molecule has 0 spiro atoms. The predicted molar refractivity (Wildman–Crippen MR) is 68.6 cm³/mol. The summed E-state index contributed by atoms with van der Waals surface area (Å²) in [6.07, 6.45) is 0. The molecule has 0 fully saturated rings. The smallest absolute Gasteiger partial charge is 0.229 e. The molecule has 0 atom stereocenters. The maximum absolute atomic E-state index is 11.7. The minimum absolute atomic E-state index is 0.00736. The summed E-state index contributed by atoms with van der Waals surface area (Å²) in [4.78, 5) is 0.288. The Morgan fingerprint density at radius 3 is 2.50 bits per heavy atom. The highest BCUT2D eigenvalue weighted by Gasteiger charge is 2.17. The Labute approximate surface area is 110 Å². The lowest BCUT2D eigenvalue weighted by atomic mass is 10.5. The highest BCUT2D eigenvalue weighted by Crippen LogP contribution is 2.20. The molecule has 1 aromatic heterocycles. The number of thiophene rings is 1. The lowest BCUT2D eigenvalue weighted by Crippen LogP contribution is -2.29. The molecule has 6 nitrogen and oxygen atoms in total. The van der Waals surface area contributed by atoms with Crippen LogP contribution in [0.2, 0.25) is 0 Å². The summed E-state index contributed by atoms with van der Waals surface area (Å²) >= 11 is 0.842. The molecule has 0 radical (unpaired) electrons. The molecule has 1 N–H and O–H groups in total. The SMILES string of the molecule is CCS(=O)(=O)CCNS(=O)(=O)c1ccc(C#N)s1. The third-order valence-corrected chi connectivity index (χ3v) is 6.75. The van der Waals surface area contributed by atoms with Crippen LogP contribution in [0.25, 0.3) is 0 Å². The molecule has 0 aromatic carbocycles. The molecule has 0 bridgehead atoms. The second-order valence-corrected chi connectivity index (χ2v) is 8.91. The Kier molecular flexibility index (Phi) is 4.86. The Morgan fingerprint density at radius 2 is 2.00 bits per heavy atom. The molecule has 1 aromatic rings. The molecular weight excluding hydrogens is 296 g/mol. The zero-order chi connectivity index (χ0) is 13.8. The van der Waals surface area contributed by atoms with E-state index in [0.29, 0.717) is 0 Å². The van der Waals surface area contributed by atoms with Crippen LogP contribution in [0, 0.1) is 11.3 Å². The minimum atomic E-state index is -3.73. The highest BCUT2D eigenvalue weighted by atomic mass is 32.2. The van der Waals surface area contributed by atoms with Gasteiger partial charge in [0.25, 0.3) is 0 Å². The van der Waals surface area contributed by atoms with Crippen molar-refractivity contribution in [3.05, 3.63) is 17.0 Å². The lowest BCUT2D eigenvalue weighted by Gasteiger charge is -2.04. The molecule has 0 aliphatic heterocycles. The summed E-state index contributed by atoms with van der Waals surface area (Å²) in [7, 11) is -6.93. The van der Waals surface area contributed by atoms with Crippen molar-refractivity contribution >= 4 is 31.2 Å². The lowest BCUT2D eigenvalue weighted by molar-refractivity contribution is 0.583. The van der Waals surface area contributed by atoms with Gasteiger partial charge in [0.2, 0.25) is 10.0 Å². The zero-order valence-electron chi connectivity index (χ0n) is 9.58. The number of rotatable bonds is 6. The molecule has 100 valence electrons. The predicted octanol–water partition coefficient (Wildman–Crippen LogP) is 0.333. The van der Waals surface area contributed by atoms with Crippen molar-refractivity contribution in [3.8, 4) is 6.07 Å². The van der Waals surface area contributed by atoms with Crippen LogP contribution >= 0.6 is 11.3 Å². The molecule has 0 unspecified atom stereocenters. The second kappa shape index (κ2) is 5.79. The normalized spacial score (nSPS) is 12.2. The second-order valence-electron chi connectivity index (χ2n) is 3.36. The quantitative estimate of drug-likeness (QED) is 0.815. The topological polar surface area (TPSA) is 104 Å². The Balaban J connectivity index is 2.70. The van der Waals surface area contributed by atoms with Crippen molar-refractivity contribution < 1.29 is 16.8 Å². The van der Waals surface area contributed by atoms with E-state index in [1.165, 1.54) is 19.1 Å². The van der Waals surface area contributed by atoms with Gasteiger partial charge in [0.15, 0.2) is 9.84 Å². The first-order valence-corrected chi connectivity index (χ1v) is 9.13. The van der Waals surface area contributed by atoms with E-state index in [1.54, 1.807) is 0 Å². The van der Waals surface area contributed by atoms with Crippen molar-refractivity contribution in [2.45, 2.75) is 11.1 Å². The summed E-state index contributed by atoms with van der Waals surface area (Å²) in [6, 6.07) is 4.56. The summed E-state index contributed by atoms with van der Waals surface area (Å²) in [5.41, 5.74) is 0. The standard InChI is InChI=1S/C9H12N2O4S3/c1-2-17(12,13)6-5-11-18(14,15)9-4-3-8(7-10)16-9/h3-4,11H,2,5-6H2,1H3. The van der Waals surface area contributed by atoms with E-state index in [9.17, 15) is 16.8 Å². The fourth-order valence-corrected chi connectivity index (χ4v) is 4.08. The molecule has 0 saturated carbocycles. The molecule has 0 aliphatic rings. The van der Waals surface area contributed by atoms with Gasteiger partial charge >= 0.3 is 0 Å². The van der Waals surface area contributed by atoms with E-state index in [-0.39, 0.29) is 27.1 Å². The van der Waals surface area contributed by atoms with Gasteiger partial charge in [0.05, 0.1) is 5.75 Å². The first-order chi connectivity index (χ1) is 8.30. The Bertz CT molecular complexity index is 652. The number of sulfone groups is 1. The average Bonchev–Trinajstić information content (AvgIpc) is 2.77. The van der Waals surface area contributed by atoms with Crippen molar-refractivity contribution in [2.75, 3.05) is 18.1 Å². The number of nitrogens with zero attached hydrogens (tertiary/aromatic N) is 1. The minimum Gasteiger partial charge on any atom is -0.229 e. The first kappa shape index (κ1) is 15.1. The fraction of sp³-hybridized carbons (Fsp3) is 0.444. The van der Waals surface area contributed by atoms with Crippen molar-refractivity contribution in [2.24, 2.45) is 0 Å². The highest BCUT2D eigenvalue weighted by molar-refractivity contribution is 7.92. The average molecular weight is 308 g/mol. The van der Waals surface area contributed by atoms with E-state index < -0.39 is 19.9 Å². The van der Waals surface area contributed by atoms with Gasteiger partial charge in [0, 0.05) is 12.3 Å². The van der Waals surface area contributed by atoms with Crippen LogP contribution in [0.1, 0.15) is 11.8 Å². The van der Waals surface area contributed by atoms with Crippen LogP contribution < -0.4 is 4.72 Å². The van der Waals surface area contributed by atoms with Gasteiger partial charge in [-0.1, -0.05) is 6.92 Å². The number of nitrogens with one attached hydrogen (secondary N) is 1. The molecule has 0 amide bonds. The van der Waals surface area contributed by atoms with E-state index >= 15 is 0 Å². The van der Waals surface area contributed by atoms with E-state index in [1.807, 2.05) is 6.07 Å².